The van der Waals surface area contributed by atoms with Gasteiger partial charge in [-0.1, -0.05) is 58.0 Å². The highest BCUT2D eigenvalue weighted by Crippen LogP contribution is 2.48. The van der Waals surface area contributed by atoms with Gasteiger partial charge >= 0.3 is 0 Å². The molecule has 36 heavy (non-hydrogen) atoms. The van der Waals surface area contributed by atoms with Gasteiger partial charge in [-0.3, -0.25) is 0 Å². The maximum absolute atomic E-state index is 7.09. The maximum atomic E-state index is 7.09. The number of unbranched alkanes of at least 4 members (excludes halogenated alkanes) is 1. The molecule has 0 saturated carbocycles. The van der Waals surface area contributed by atoms with E-state index in [1.807, 2.05) is 0 Å². The molecule has 2 heteroatoms. The van der Waals surface area contributed by atoms with Crippen molar-refractivity contribution in [2.24, 2.45) is 0 Å². The van der Waals surface area contributed by atoms with E-state index in [4.69, 9.17) is 4.74 Å². The summed E-state index contributed by atoms with van der Waals surface area (Å²) in [6, 6.07) is 13.9. The van der Waals surface area contributed by atoms with Crippen LogP contribution in [0.15, 0.2) is 36.4 Å². The highest BCUT2D eigenvalue weighted by atomic mass is 16.5. The van der Waals surface area contributed by atoms with Crippen LogP contribution >= 0.6 is 0 Å². The van der Waals surface area contributed by atoms with Gasteiger partial charge in [0.1, 0.15) is 11.5 Å². The fourth-order valence-electron chi connectivity index (χ4n) is 6.80. The smallest absolute Gasteiger partial charge is 0.140 e. The Labute approximate surface area is 216 Å². The van der Waals surface area contributed by atoms with E-state index in [-0.39, 0.29) is 0 Å². The molecule has 3 aliphatic heterocycles. The van der Waals surface area contributed by atoms with Crippen LogP contribution in [-0.4, -0.2) is 13.1 Å². The summed E-state index contributed by atoms with van der Waals surface area (Å²) >= 11 is 0. The Balaban J connectivity index is 1.75. The molecule has 0 bridgehead atoms. The van der Waals surface area contributed by atoms with Gasteiger partial charge in [-0.15, -0.1) is 0 Å². The summed E-state index contributed by atoms with van der Waals surface area (Å²) in [5.41, 5.74) is 12.6. The Morgan fingerprint density at radius 1 is 0.889 bits per heavy atom. The van der Waals surface area contributed by atoms with Crippen LogP contribution < -0.4 is 20.1 Å². The predicted octanol–water partition coefficient (Wildman–Crippen LogP) is 6.62. The van der Waals surface area contributed by atoms with E-state index < -0.39 is 0 Å². The van der Waals surface area contributed by atoms with E-state index in [0.717, 1.165) is 43.6 Å². The number of rotatable bonds is 6. The molecule has 0 amide bonds. The molecule has 186 valence electrons. The highest BCUT2D eigenvalue weighted by molar-refractivity contribution is 5.90. The lowest BCUT2D eigenvalue weighted by Gasteiger charge is -2.39. The molecule has 0 spiro atoms. The van der Waals surface area contributed by atoms with Crippen molar-refractivity contribution in [1.82, 2.24) is 0 Å². The second kappa shape index (κ2) is 9.47. The number of anilines is 1. The zero-order valence-electron chi connectivity index (χ0n) is 22.3. The molecular weight excluding hydrogens is 438 g/mol. The third-order valence-corrected chi connectivity index (χ3v) is 8.63. The Morgan fingerprint density at radius 2 is 1.67 bits per heavy atom. The van der Waals surface area contributed by atoms with Crippen molar-refractivity contribution in [1.29, 1.82) is 0 Å². The second-order valence-electron chi connectivity index (χ2n) is 10.7. The van der Waals surface area contributed by atoms with Crippen LogP contribution in [0, 0.1) is 0 Å². The molecule has 0 aromatic heterocycles. The summed E-state index contributed by atoms with van der Waals surface area (Å²) in [7, 11) is 0. The normalized spacial score (nSPS) is 15.8. The minimum atomic E-state index is 0.991. The molecule has 3 aromatic rings. The van der Waals surface area contributed by atoms with Gasteiger partial charge in [-0.2, -0.15) is 0 Å². The molecular formula is C34H39NO. The molecule has 0 N–H and O–H groups in total. The van der Waals surface area contributed by atoms with Crippen LogP contribution in [0.4, 0.5) is 5.69 Å². The number of hydrogen-bond acceptors (Lipinski definition) is 2. The van der Waals surface area contributed by atoms with E-state index in [1.165, 1.54) is 99.4 Å². The largest absolute Gasteiger partial charge is 0.455 e. The van der Waals surface area contributed by atoms with E-state index >= 15 is 0 Å². The van der Waals surface area contributed by atoms with E-state index in [0.29, 0.717) is 0 Å². The van der Waals surface area contributed by atoms with Gasteiger partial charge in [-0.25, -0.2) is 0 Å². The molecule has 0 fully saturated rings. The fraction of sp³-hybridized carbons (Fsp3) is 0.412. The lowest BCUT2D eigenvalue weighted by Crippen LogP contribution is -2.35. The minimum Gasteiger partial charge on any atom is -0.455 e. The molecule has 3 aliphatic rings. The molecule has 0 radical (unpaired) electrons. The number of benzene rings is 3. The van der Waals surface area contributed by atoms with Gasteiger partial charge in [0.15, 0.2) is 0 Å². The van der Waals surface area contributed by atoms with Crippen LogP contribution in [0.25, 0.3) is 12.2 Å². The molecule has 3 aromatic carbocycles. The molecule has 0 saturated heterocycles. The van der Waals surface area contributed by atoms with Crippen molar-refractivity contribution in [3.63, 3.8) is 0 Å². The third-order valence-electron chi connectivity index (χ3n) is 8.63. The van der Waals surface area contributed by atoms with Crippen molar-refractivity contribution in [2.45, 2.75) is 78.6 Å². The molecule has 3 heterocycles. The zero-order chi connectivity index (χ0) is 24.8. The quantitative estimate of drug-likeness (QED) is 0.310. The Kier molecular flexibility index (Phi) is 6.15. The molecule has 2 nitrogen and oxygen atoms in total. The van der Waals surface area contributed by atoms with E-state index in [2.05, 4.69) is 68.6 Å². The first-order chi connectivity index (χ1) is 17.7. The van der Waals surface area contributed by atoms with Crippen LogP contribution in [0.3, 0.4) is 0 Å². The molecule has 0 aliphatic carbocycles. The number of aryl methyl sites for hydroxylation is 3. The van der Waals surface area contributed by atoms with Crippen LogP contribution in [0.5, 0.6) is 11.5 Å². The second-order valence-corrected chi connectivity index (χ2v) is 10.7. The lowest BCUT2D eigenvalue weighted by atomic mass is 9.82. The van der Waals surface area contributed by atoms with Crippen molar-refractivity contribution in [2.75, 3.05) is 18.0 Å². The number of nitrogens with zero attached hydrogens (tertiary/aromatic N) is 1. The molecule has 0 unspecified atom stereocenters. The Hall–Kier alpha value is -3.00. The summed E-state index contributed by atoms with van der Waals surface area (Å²) in [4.78, 5) is 2.63. The summed E-state index contributed by atoms with van der Waals surface area (Å²) in [5.74, 6) is 2.19. The molecule has 6 rings (SSSR count). The van der Waals surface area contributed by atoms with Crippen molar-refractivity contribution < 1.29 is 4.74 Å². The van der Waals surface area contributed by atoms with Gasteiger partial charge in [0, 0.05) is 46.3 Å². The summed E-state index contributed by atoms with van der Waals surface area (Å²) in [6.07, 6.45) is 10.1. The highest BCUT2D eigenvalue weighted by Gasteiger charge is 2.33. The van der Waals surface area contributed by atoms with Crippen LogP contribution in [0.1, 0.15) is 85.4 Å². The van der Waals surface area contributed by atoms with Crippen molar-refractivity contribution in [3.05, 3.63) is 85.8 Å². The van der Waals surface area contributed by atoms with Gasteiger partial charge in [0.05, 0.1) is 0 Å². The minimum absolute atomic E-state index is 0.991. The van der Waals surface area contributed by atoms with Crippen molar-refractivity contribution >= 4 is 17.8 Å². The van der Waals surface area contributed by atoms with E-state index in [9.17, 15) is 0 Å². The lowest BCUT2D eigenvalue weighted by molar-refractivity contribution is 0.453. The van der Waals surface area contributed by atoms with Crippen LogP contribution in [0.2, 0.25) is 0 Å². The number of fused-ring (bicyclic) bond motifs is 3. The third kappa shape index (κ3) is 3.60. The maximum Gasteiger partial charge on any atom is 0.140 e. The van der Waals surface area contributed by atoms with E-state index in [1.54, 1.807) is 0 Å². The van der Waals surface area contributed by atoms with Crippen LogP contribution in [-0.2, 0) is 32.1 Å². The van der Waals surface area contributed by atoms with Gasteiger partial charge in [0.2, 0.25) is 0 Å². The summed E-state index contributed by atoms with van der Waals surface area (Å²) in [6.45, 7) is 13.7. The Morgan fingerprint density at radius 3 is 2.44 bits per heavy atom. The number of ether oxygens (including phenoxy) is 1. The first-order valence-corrected chi connectivity index (χ1v) is 14.2. The average Bonchev–Trinajstić information content (AvgIpc) is 2.92. The summed E-state index contributed by atoms with van der Waals surface area (Å²) < 4.78 is 7.09. The van der Waals surface area contributed by atoms with Gasteiger partial charge < -0.3 is 9.64 Å². The SMILES string of the molecule is C=c1c(CC)cc2c(c1CCCC)Oc1c(cc3c4c1CCCN4CCC3)C=2c1ccccc1CC. The zero-order valence-corrected chi connectivity index (χ0v) is 22.3. The Bertz CT molecular complexity index is 1450. The van der Waals surface area contributed by atoms with Gasteiger partial charge in [0.25, 0.3) is 0 Å². The average molecular weight is 478 g/mol. The number of hydrogen-bond donors (Lipinski definition) is 0. The standard InChI is InChI=1S/C34H39NO/c1-5-8-15-26-22(4)24(7-3)20-29-31(27-16-10-9-13-23(27)6-2)30-21-25-14-11-18-35-19-12-17-28(32(25)35)34(30)36-33(26)29/h9-10,13,16,20-21H,4-8,11-12,14-15,17-19H2,1-3H3. The first-order valence-electron chi connectivity index (χ1n) is 14.2. The fourth-order valence-corrected chi connectivity index (χ4v) is 6.80. The first kappa shape index (κ1) is 23.4. The topological polar surface area (TPSA) is 12.5 Å². The molecule has 0 atom stereocenters. The van der Waals surface area contributed by atoms with Gasteiger partial charge in [-0.05, 0) is 91.0 Å². The van der Waals surface area contributed by atoms with Crippen molar-refractivity contribution in [3.8, 4) is 11.5 Å². The summed E-state index contributed by atoms with van der Waals surface area (Å²) in [5, 5.41) is 2.46. The monoisotopic (exact) mass is 477 g/mol. The predicted molar refractivity (Wildman–Crippen MR) is 152 cm³/mol.